The van der Waals surface area contributed by atoms with Crippen LogP contribution in [-0.2, 0) is 16.0 Å². The maximum Gasteiger partial charge on any atom is 0.272 e. The minimum atomic E-state index is -0.955. The van der Waals surface area contributed by atoms with E-state index in [2.05, 4.69) is 5.32 Å². The number of nitrogens with two attached hydrogens (primary N) is 1. The van der Waals surface area contributed by atoms with Crippen molar-refractivity contribution in [2.45, 2.75) is 19.4 Å². The summed E-state index contributed by atoms with van der Waals surface area (Å²) in [5.41, 5.74) is 5.38. The Hall–Kier alpha value is -2.44. The van der Waals surface area contributed by atoms with Crippen molar-refractivity contribution in [1.82, 2.24) is 5.32 Å². The molecule has 0 heterocycles. The van der Waals surface area contributed by atoms with Crippen molar-refractivity contribution in [2.75, 3.05) is 0 Å². The largest absolute Gasteiger partial charge is 0.368 e. The van der Waals surface area contributed by atoms with Gasteiger partial charge in [0.15, 0.2) is 0 Å². The van der Waals surface area contributed by atoms with Gasteiger partial charge in [0.2, 0.25) is 11.8 Å². The first-order chi connectivity index (χ1) is 8.41. The molecule has 0 aliphatic rings. The van der Waals surface area contributed by atoms with Gasteiger partial charge in [0.05, 0.1) is 4.92 Å². The Morgan fingerprint density at radius 1 is 1.44 bits per heavy atom. The van der Waals surface area contributed by atoms with Crippen LogP contribution in [0.5, 0.6) is 0 Å². The van der Waals surface area contributed by atoms with Gasteiger partial charge in [-0.05, 0) is 0 Å². The van der Waals surface area contributed by atoms with Crippen LogP contribution in [0.15, 0.2) is 24.3 Å². The highest BCUT2D eigenvalue weighted by Gasteiger charge is 2.21. The summed E-state index contributed by atoms with van der Waals surface area (Å²) < 4.78 is 0. The second-order valence-electron chi connectivity index (χ2n) is 3.75. The van der Waals surface area contributed by atoms with Crippen LogP contribution in [0.25, 0.3) is 0 Å². The summed E-state index contributed by atoms with van der Waals surface area (Å²) in [7, 11) is 0. The number of amides is 2. The number of hydrogen-bond donors (Lipinski definition) is 2. The molecule has 0 saturated carbocycles. The third kappa shape index (κ3) is 3.55. The number of rotatable bonds is 5. The zero-order valence-corrected chi connectivity index (χ0v) is 9.75. The molecule has 18 heavy (non-hydrogen) atoms. The van der Waals surface area contributed by atoms with Crippen molar-refractivity contribution < 1.29 is 14.5 Å². The summed E-state index contributed by atoms with van der Waals surface area (Å²) in [5.74, 6) is -1.15. The molecule has 2 amide bonds. The Morgan fingerprint density at radius 2 is 2.06 bits per heavy atom. The standard InChI is InChI=1S/C11H13N3O4/c1-7(15)13-9(11(12)16)6-8-4-2-3-5-10(8)14(17)18/h2-5,9H,6H2,1H3,(H2,12,16)(H,13,15)/t9-/m0/s1. The third-order valence-corrected chi connectivity index (χ3v) is 2.33. The van der Waals surface area contributed by atoms with E-state index < -0.39 is 22.8 Å². The van der Waals surface area contributed by atoms with E-state index in [4.69, 9.17) is 5.73 Å². The van der Waals surface area contributed by atoms with Crippen LogP contribution >= 0.6 is 0 Å². The van der Waals surface area contributed by atoms with Crippen molar-refractivity contribution in [3.63, 3.8) is 0 Å². The van der Waals surface area contributed by atoms with Crippen molar-refractivity contribution in [2.24, 2.45) is 5.73 Å². The zero-order chi connectivity index (χ0) is 13.7. The van der Waals surface area contributed by atoms with Crippen LogP contribution in [0.4, 0.5) is 5.69 Å². The van der Waals surface area contributed by atoms with Gasteiger partial charge in [0.1, 0.15) is 6.04 Å². The molecule has 0 bridgehead atoms. The zero-order valence-electron chi connectivity index (χ0n) is 9.75. The second kappa shape index (κ2) is 5.76. The van der Waals surface area contributed by atoms with Crippen LogP contribution in [0.2, 0.25) is 0 Å². The van der Waals surface area contributed by atoms with Crippen LogP contribution in [-0.4, -0.2) is 22.8 Å². The average molecular weight is 251 g/mol. The van der Waals surface area contributed by atoms with E-state index >= 15 is 0 Å². The molecule has 1 atom stereocenters. The number of nitro groups is 1. The number of nitrogens with one attached hydrogen (secondary N) is 1. The molecule has 0 saturated heterocycles. The number of nitro benzene ring substituents is 1. The fourth-order valence-electron chi connectivity index (χ4n) is 1.55. The number of para-hydroxylation sites is 1. The van der Waals surface area contributed by atoms with Crippen molar-refractivity contribution in [1.29, 1.82) is 0 Å². The van der Waals surface area contributed by atoms with E-state index in [1.165, 1.54) is 25.1 Å². The normalized spacial score (nSPS) is 11.6. The van der Waals surface area contributed by atoms with Gasteiger partial charge < -0.3 is 11.1 Å². The lowest BCUT2D eigenvalue weighted by molar-refractivity contribution is -0.385. The number of carbonyl (C=O) groups is 2. The summed E-state index contributed by atoms with van der Waals surface area (Å²) in [4.78, 5) is 32.3. The quantitative estimate of drug-likeness (QED) is 0.571. The van der Waals surface area contributed by atoms with Crippen LogP contribution in [0.1, 0.15) is 12.5 Å². The number of hydrogen-bond acceptors (Lipinski definition) is 4. The molecule has 1 aromatic rings. The summed E-state index contributed by atoms with van der Waals surface area (Å²) in [5, 5.41) is 13.2. The molecule has 3 N–H and O–H groups in total. The molecule has 0 fully saturated rings. The van der Waals surface area contributed by atoms with Crippen molar-refractivity contribution in [3.8, 4) is 0 Å². The molecule has 0 aliphatic carbocycles. The van der Waals surface area contributed by atoms with Gasteiger partial charge in [-0.2, -0.15) is 0 Å². The van der Waals surface area contributed by atoms with Crippen molar-refractivity contribution >= 4 is 17.5 Å². The Labute approximate surface area is 103 Å². The van der Waals surface area contributed by atoms with Gasteiger partial charge in [-0.3, -0.25) is 19.7 Å². The predicted molar refractivity (Wildman–Crippen MR) is 63.6 cm³/mol. The lowest BCUT2D eigenvalue weighted by Gasteiger charge is -2.14. The van der Waals surface area contributed by atoms with Crippen molar-refractivity contribution in [3.05, 3.63) is 39.9 Å². The van der Waals surface area contributed by atoms with Gasteiger partial charge in [-0.15, -0.1) is 0 Å². The van der Waals surface area contributed by atoms with E-state index in [9.17, 15) is 19.7 Å². The highest BCUT2D eigenvalue weighted by molar-refractivity contribution is 5.86. The Bertz CT molecular complexity index is 487. The molecular weight excluding hydrogens is 238 g/mol. The Kier molecular flexibility index (Phi) is 4.36. The molecule has 1 rings (SSSR count). The molecule has 7 heteroatoms. The van der Waals surface area contributed by atoms with Gasteiger partial charge in [-0.1, -0.05) is 18.2 Å². The first-order valence-electron chi connectivity index (χ1n) is 5.20. The SMILES string of the molecule is CC(=O)N[C@@H](Cc1ccccc1[N+](=O)[O-])C(N)=O. The fraction of sp³-hybridized carbons (Fsp3) is 0.273. The van der Waals surface area contributed by atoms with E-state index in [0.717, 1.165) is 0 Å². The minimum Gasteiger partial charge on any atom is -0.368 e. The smallest absolute Gasteiger partial charge is 0.272 e. The van der Waals surface area contributed by atoms with Crippen LogP contribution in [0, 0.1) is 10.1 Å². The highest BCUT2D eigenvalue weighted by atomic mass is 16.6. The lowest BCUT2D eigenvalue weighted by Crippen LogP contribution is -2.45. The molecule has 0 spiro atoms. The topological polar surface area (TPSA) is 115 Å². The lowest BCUT2D eigenvalue weighted by atomic mass is 10.0. The number of carbonyl (C=O) groups excluding carboxylic acids is 2. The van der Waals surface area contributed by atoms with Gasteiger partial charge in [-0.25, -0.2) is 0 Å². The van der Waals surface area contributed by atoms with Crippen LogP contribution in [0.3, 0.4) is 0 Å². The molecule has 1 aromatic carbocycles. The Balaban J connectivity index is 2.97. The maximum absolute atomic E-state index is 11.2. The summed E-state index contributed by atoms with van der Waals surface area (Å²) in [6.07, 6.45) is -0.00787. The monoisotopic (exact) mass is 251 g/mol. The van der Waals surface area contributed by atoms with E-state index in [0.29, 0.717) is 5.56 Å². The fourth-order valence-corrected chi connectivity index (χ4v) is 1.55. The first-order valence-corrected chi connectivity index (χ1v) is 5.20. The summed E-state index contributed by atoms with van der Waals surface area (Å²) in [6, 6.07) is 5.05. The number of primary amides is 1. The molecule has 0 aliphatic heterocycles. The summed E-state index contributed by atoms with van der Waals surface area (Å²) >= 11 is 0. The molecule has 7 nitrogen and oxygen atoms in total. The van der Waals surface area contributed by atoms with Gasteiger partial charge in [0, 0.05) is 25.0 Å². The highest BCUT2D eigenvalue weighted by Crippen LogP contribution is 2.19. The number of benzene rings is 1. The van der Waals surface area contributed by atoms with E-state index in [1.54, 1.807) is 6.07 Å². The molecular formula is C11H13N3O4. The molecule has 96 valence electrons. The minimum absolute atomic E-state index is 0.00787. The molecule has 0 unspecified atom stereocenters. The maximum atomic E-state index is 11.2. The third-order valence-electron chi connectivity index (χ3n) is 2.33. The van der Waals surface area contributed by atoms with Gasteiger partial charge >= 0.3 is 0 Å². The average Bonchev–Trinajstić information content (AvgIpc) is 2.27. The van der Waals surface area contributed by atoms with E-state index in [1.807, 2.05) is 0 Å². The summed E-state index contributed by atoms with van der Waals surface area (Å²) in [6.45, 7) is 1.25. The molecule has 0 radical (unpaired) electrons. The van der Waals surface area contributed by atoms with Crippen LogP contribution < -0.4 is 11.1 Å². The number of nitrogens with zero attached hydrogens (tertiary/aromatic N) is 1. The predicted octanol–water partition coefficient (Wildman–Crippen LogP) is 0.127. The van der Waals surface area contributed by atoms with Gasteiger partial charge in [0.25, 0.3) is 5.69 Å². The Morgan fingerprint density at radius 3 is 2.56 bits per heavy atom. The second-order valence-corrected chi connectivity index (χ2v) is 3.75. The first kappa shape index (κ1) is 13.6. The molecule has 0 aromatic heterocycles. The van der Waals surface area contributed by atoms with E-state index in [-0.39, 0.29) is 12.1 Å².